The van der Waals surface area contributed by atoms with Crippen molar-refractivity contribution in [2.75, 3.05) is 32.8 Å². The smallest absolute Gasteiger partial charge is 0.319 e. The van der Waals surface area contributed by atoms with Crippen LogP contribution in [0.3, 0.4) is 0 Å². The Bertz CT molecular complexity index is 858. The van der Waals surface area contributed by atoms with Crippen LogP contribution in [0.25, 0.3) is 0 Å². The minimum absolute atomic E-state index is 0.0441. The number of ether oxygens (including phenoxy) is 1. The van der Waals surface area contributed by atoms with Crippen molar-refractivity contribution in [2.45, 2.75) is 39.7 Å². The fourth-order valence-corrected chi connectivity index (χ4v) is 4.21. The van der Waals surface area contributed by atoms with Crippen LogP contribution in [-0.2, 0) is 4.79 Å². The second-order valence-electron chi connectivity index (χ2n) is 8.07. The molecule has 0 radical (unpaired) electrons. The molecular weight excluding hydrogens is 402 g/mol. The van der Waals surface area contributed by atoms with Crippen molar-refractivity contribution in [3.63, 3.8) is 0 Å². The van der Waals surface area contributed by atoms with Gasteiger partial charge in [-0.05, 0) is 56.9 Å². The number of likely N-dealkylation sites (tertiary alicyclic amines) is 1. The summed E-state index contributed by atoms with van der Waals surface area (Å²) in [5, 5.41) is 3.27. The SMILES string of the molecule is CCOc1ccc(C(NC(=O)C2CCN(C(=O)N(CC)CC)CC2)c2ccccc2)cc1. The predicted octanol–water partition coefficient (Wildman–Crippen LogP) is 4.46. The molecule has 172 valence electrons. The zero-order valence-electron chi connectivity index (χ0n) is 19.4. The summed E-state index contributed by atoms with van der Waals surface area (Å²) >= 11 is 0. The van der Waals surface area contributed by atoms with Crippen LogP contribution < -0.4 is 10.1 Å². The molecule has 3 amide bonds. The van der Waals surface area contributed by atoms with Crippen molar-refractivity contribution >= 4 is 11.9 Å². The number of carbonyl (C=O) groups is 2. The van der Waals surface area contributed by atoms with E-state index in [1.54, 1.807) is 0 Å². The van der Waals surface area contributed by atoms with Crippen molar-refractivity contribution in [1.82, 2.24) is 15.1 Å². The molecule has 0 saturated carbocycles. The van der Waals surface area contributed by atoms with Gasteiger partial charge in [-0.1, -0.05) is 42.5 Å². The highest BCUT2D eigenvalue weighted by molar-refractivity contribution is 5.80. The van der Waals surface area contributed by atoms with Crippen molar-refractivity contribution in [1.29, 1.82) is 0 Å². The molecule has 2 aromatic carbocycles. The average molecular weight is 438 g/mol. The lowest BCUT2D eigenvalue weighted by molar-refractivity contribution is -0.126. The van der Waals surface area contributed by atoms with Gasteiger partial charge in [-0.3, -0.25) is 4.79 Å². The highest BCUT2D eigenvalue weighted by Crippen LogP contribution is 2.26. The number of hydrogen-bond donors (Lipinski definition) is 1. The van der Waals surface area contributed by atoms with Crippen LogP contribution in [-0.4, -0.2) is 54.5 Å². The van der Waals surface area contributed by atoms with Crippen LogP contribution in [0, 0.1) is 5.92 Å². The third kappa shape index (κ3) is 5.81. The summed E-state index contributed by atoms with van der Waals surface area (Å²) in [5.74, 6) is 0.770. The number of rotatable bonds is 8. The first-order chi connectivity index (χ1) is 15.6. The first kappa shape index (κ1) is 23.6. The van der Waals surface area contributed by atoms with Gasteiger partial charge >= 0.3 is 6.03 Å². The molecule has 6 heteroatoms. The van der Waals surface area contributed by atoms with Crippen LogP contribution in [0.5, 0.6) is 5.75 Å². The Kier molecular flexibility index (Phi) is 8.54. The third-order valence-corrected chi connectivity index (χ3v) is 6.11. The number of piperidine rings is 1. The number of urea groups is 1. The highest BCUT2D eigenvalue weighted by atomic mass is 16.5. The molecule has 0 spiro atoms. The molecule has 0 bridgehead atoms. The zero-order valence-corrected chi connectivity index (χ0v) is 19.4. The summed E-state index contributed by atoms with van der Waals surface area (Å²) in [4.78, 5) is 29.5. The van der Waals surface area contributed by atoms with E-state index < -0.39 is 0 Å². The Hall–Kier alpha value is -3.02. The maximum absolute atomic E-state index is 13.2. The van der Waals surface area contributed by atoms with E-state index >= 15 is 0 Å². The zero-order chi connectivity index (χ0) is 22.9. The van der Waals surface area contributed by atoms with E-state index in [9.17, 15) is 9.59 Å². The lowest BCUT2D eigenvalue weighted by Gasteiger charge is -2.35. The van der Waals surface area contributed by atoms with E-state index in [0.29, 0.717) is 45.6 Å². The lowest BCUT2D eigenvalue weighted by Crippen LogP contribution is -2.48. The van der Waals surface area contributed by atoms with Gasteiger partial charge in [-0.25, -0.2) is 4.79 Å². The molecule has 1 saturated heterocycles. The van der Waals surface area contributed by atoms with Crippen molar-refractivity contribution < 1.29 is 14.3 Å². The Morgan fingerprint density at radius 2 is 1.56 bits per heavy atom. The van der Waals surface area contributed by atoms with E-state index in [-0.39, 0.29) is 23.9 Å². The van der Waals surface area contributed by atoms with Gasteiger partial charge in [0.05, 0.1) is 12.6 Å². The maximum atomic E-state index is 13.2. The highest BCUT2D eigenvalue weighted by Gasteiger charge is 2.30. The van der Waals surface area contributed by atoms with Gasteiger partial charge in [-0.2, -0.15) is 0 Å². The summed E-state index contributed by atoms with van der Waals surface area (Å²) in [6, 6.07) is 17.8. The number of hydrogen-bond acceptors (Lipinski definition) is 3. The molecule has 3 rings (SSSR count). The first-order valence-corrected chi connectivity index (χ1v) is 11.7. The number of amides is 3. The molecule has 0 aliphatic carbocycles. The molecular formula is C26H35N3O3. The van der Waals surface area contributed by atoms with Crippen molar-refractivity contribution in [3.05, 3.63) is 65.7 Å². The van der Waals surface area contributed by atoms with E-state index in [2.05, 4.69) is 5.32 Å². The van der Waals surface area contributed by atoms with Crippen LogP contribution in [0.2, 0.25) is 0 Å². The Morgan fingerprint density at radius 1 is 0.969 bits per heavy atom. The summed E-state index contributed by atoms with van der Waals surface area (Å²) in [6.07, 6.45) is 1.37. The van der Waals surface area contributed by atoms with E-state index in [0.717, 1.165) is 16.9 Å². The standard InChI is InChI=1S/C26H35N3O3/c1-4-28(5-2)26(31)29-18-16-22(17-19-29)25(30)27-24(20-10-8-7-9-11-20)21-12-14-23(15-13-21)32-6-3/h7-15,22,24H,4-6,16-19H2,1-3H3,(H,27,30). The molecule has 0 aromatic heterocycles. The lowest BCUT2D eigenvalue weighted by atomic mass is 9.93. The van der Waals surface area contributed by atoms with Gasteiger partial charge in [0.2, 0.25) is 5.91 Å². The van der Waals surface area contributed by atoms with E-state index in [1.165, 1.54) is 0 Å². The molecule has 32 heavy (non-hydrogen) atoms. The monoisotopic (exact) mass is 437 g/mol. The van der Waals surface area contributed by atoms with Crippen molar-refractivity contribution in [2.24, 2.45) is 5.92 Å². The molecule has 1 aliphatic rings. The van der Waals surface area contributed by atoms with Crippen molar-refractivity contribution in [3.8, 4) is 5.75 Å². The fraction of sp³-hybridized carbons (Fsp3) is 0.462. The van der Waals surface area contributed by atoms with Crippen LogP contribution in [0.1, 0.15) is 50.8 Å². The van der Waals surface area contributed by atoms with Crippen LogP contribution in [0.15, 0.2) is 54.6 Å². The predicted molar refractivity (Wildman–Crippen MR) is 127 cm³/mol. The molecule has 2 aromatic rings. The number of nitrogens with zero attached hydrogens (tertiary/aromatic N) is 2. The number of nitrogens with one attached hydrogen (secondary N) is 1. The van der Waals surface area contributed by atoms with Crippen LogP contribution >= 0.6 is 0 Å². The van der Waals surface area contributed by atoms with Gasteiger partial charge in [0.25, 0.3) is 0 Å². The molecule has 1 fully saturated rings. The minimum atomic E-state index is -0.227. The van der Waals surface area contributed by atoms with Gasteiger partial charge < -0.3 is 19.9 Å². The molecule has 6 nitrogen and oxygen atoms in total. The molecule has 1 unspecified atom stereocenters. The second kappa shape index (κ2) is 11.6. The number of benzene rings is 2. The quantitative estimate of drug-likeness (QED) is 0.663. The largest absolute Gasteiger partial charge is 0.494 e. The second-order valence-corrected chi connectivity index (χ2v) is 8.07. The summed E-state index contributed by atoms with van der Waals surface area (Å²) < 4.78 is 5.56. The van der Waals surface area contributed by atoms with Gasteiger partial charge in [-0.15, -0.1) is 0 Å². The first-order valence-electron chi connectivity index (χ1n) is 11.7. The number of carbonyl (C=O) groups excluding carboxylic acids is 2. The fourth-order valence-electron chi connectivity index (χ4n) is 4.21. The van der Waals surface area contributed by atoms with Gasteiger partial charge in [0.1, 0.15) is 5.75 Å². The Labute approximate surface area is 191 Å². The summed E-state index contributed by atoms with van der Waals surface area (Å²) in [6.45, 7) is 9.21. The molecule has 1 heterocycles. The molecule has 1 N–H and O–H groups in total. The van der Waals surface area contributed by atoms with Crippen LogP contribution in [0.4, 0.5) is 4.79 Å². The van der Waals surface area contributed by atoms with E-state index in [1.807, 2.05) is 85.2 Å². The Balaban J connectivity index is 1.68. The van der Waals surface area contributed by atoms with Gasteiger partial charge in [0, 0.05) is 32.1 Å². The minimum Gasteiger partial charge on any atom is -0.494 e. The average Bonchev–Trinajstić information content (AvgIpc) is 2.84. The maximum Gasteiger partial charge on any atom is 0.319 e. The Morgan fingerprint density at radius 3 is 2.12 bits per heavy atom. The van der Waals surface area contributed by atoms with E-state index in [4.69, 9.17) is 4.74 Å². The third-order valence-electron chi connectivity index (χ3n) is 6.11. The van der Waals surface area contributed by atoms with Gasteiger partial charge in [0.15, 0.2) is 0 Å². The molecule has 1 atom stereocenters. The topological polar surface area (TPSA) is 61.9 Å². The molecule has 1 aliphatic heterocycles. The summed E-state index contributed by atoms with van der Waals surface area (Å²) in [7, 11) is 0. The summed E-state index contributed by atoms with van der Waals surface area (Å²) in [5.41, 5.74) is 2.06. The normalized spacial score (nSPS) is 15.2.